The summed E-state index contributed by atoms with van der Waals surface area (Å²) in [6.07, 6.45) is 2.85. The Hall–Kier alpha value is -1.20. The second-order valence-corrected chi connectivity index (χ2v) is 6.10. The maximum atomic E-state index is 8.82. The van der Waals surface area contributed by atoms with Crippen molar-refractivity contribution in [3.05, 3.63) is 29.3 Å². The van der Waals surface area contributed by atoms with Crippen LogP contribution in [0.1, 0.15) is 33.1 Å². The minimum atomic E-state index is 0.105. The van der Waals surface area contributed by atoms with Gasteiger partial charge in [0.25, 0.3) is 0 Å². The molecule has 1 atom stereocenters. The summed E-state index contributed by atoms with van der Waals surface area (Å²) in [7, 11) is 0. The van der Waals surface area contributed by atoms with Crippen LogP contribution in [-0.2, 0) is 0 Å². The maximum Gasteiger partial charge on any atom is 0.0624 e. The molecule has 1 aliphatic rings. The Balaban J connectivity index is 2.15. The van der Waals surface area contributed by atoms with Gasteiger partial charge < -0.3 is 4.90 Å². The molecule has 1 saturated heterocycles. The minimum Gasteiger partial charge on any atom is -0.366 e. The highest BCUT2D eigenvalue weighted by Gasteiger charge is 2.34. The van der Waals surface area contributed by atoms with E-state index in [0.717, 1.165) is 24.4 Å². The standard InChI is InChI=1S/C15H19ClN2/c1-15(2)11-12(7-9-17)8-10-18(15)14-5-3-13(16)4-6-14/h3-6,12H,7-8,10-11H2,1-2H3. The Bertz CT molecular complexity index is 445. The fourth-order valence-electron chi connectivity index (χ4n) is 2.94. The molecule has 0 bridgehead atoms. The van der Waals surface area contributed by atoms with Gasteiger partial charge in [-0.1, -0.05) is 11.6 Å². The van der Waals surface area contributed by atoms with Crippen LogP contribution in [0.15, 0.2) is 24.3 Å². The molecule has 1 aromatic carbocycles. The Labute approximate surface area is 114 Å². The number of benzene rings is 1. The molecule has 96 valence electrons. The van der Waals surface area contributed by atoms with Gasteiger partial charge in [-0.3, -0.25) is 0 Å². The Morgan fingerprint density at radius 3 is 2.61 bits per heavy atom. The van der Waals surface area contributed by atoms with Crippen LogP contribution in [0.2, 0.25) is 5.02 Å². The SMILES string of the molecule is CC1(C)CC(CC#N)CCN1c1ccc(Cl)cc1. The smallest absolute Gasteiger partial charge is 0.0624 e. The summed E-state index contributed by atoms with van der Waals surface area (Å²) in [5.74, 6) is 0.536. The lowest BCUT2D eigenvalue weighted by atomic mass is 9.81. The highest BCUT2D eigenvalue weighted by atomic mass is 35.5. The summed E-state index contributed by atoms with van der Waals surface area (Å²) in [6, 6.07) is 10.3. The number of rotatable bonds is 2. The van der Waals surface area contributed by atoms with E-state index in [4.69, 9.17) is 16.9 Å². The number of nitriles is 1. The van der Waals surface area contributed by atoms with Gasteiger partial charge in [-0.15, -0.1) is 0 Å². The highest BCUT2D eigenvalue weighted by Crippen LogP contribution is 2.36. The third kappa shape index (κ3) is 2.79. The number of anilines is 1. The van der Waals surface area contributed by atoms with E-state index in [1.54, 1.807) is 0 Å². The zero-order chi connectivity index (χ0) is 13.2. The summed E-state index contributed by atoms with van der Waals surface area (Å²) in [4.78, 5) is 2.43. The van der Waals surface area contributed by atoms with Gasteiger partial charge in [-0.2, -0.15) is 5.26 Å². The van der Waals surface area contributed by atoms with Crippen LogP contribution in [0.5, 0.6) is 0 Å². The molecule has 0 N–H and O–H groups in total. The Morgan fingerprint density at radius 1 is 1.39 bits per heavy atom. The van der Waals surface area contributed by atoms with Gasteiger partial charge in [0.15, 0.2) is 0 Å². The molecular weight excluding hydrogens is 244 g/mol. The van der Waals surface area contributed by atoms with Crippen molar-refractivity contribution in [3.8, 4) is 6.07 Å². The van der Waals surface area contributed by atoms with Crippen molar-refractivity contribution in [2.75, 3.05) is 11.4 Å². The van der Waals surface area contributed by atoms with Crippen molar-refractivity contribution in [2.45, 2.75) is 38.6 Å². The average Bonchev–Trinajstić information content (AvgIpc) is 2.30. The lowest BCUT2D eigenvalue weighted by molar-refractivity contribution is 0.277. The molecule has 0 saturated carbocycles. The zero-order valence-electron chi connectivity index (χ0n) is 11.0. The second-order valence-electron chi connectivity index (χ2n) is 5.66. The van der Waals surface area contributed by atoms with Crippen LogP contribution < -0.4 is 4.90 Å². The number of nitrogens with zero attached hydrogens (tertiary/aromatic N) is 2. The predicted molar refractivity (Wildman–Crippen MR) is 75.8 cm³/mol. The van der Waals surface area contributed by atoms with E-state index in [1.807, 2.05) is 12.1 Å². The van der Waals surface area contributed by atoms with Crippen molar-refractivity contribution < 1.29 is 0 Å². The molecule has 0 aliphatic carbocycles. The van der Waals surface area contributed by atoms with E-state index < -0.39 is 0 Å². The van der Waals surface area contributed by atoms with Crippen molar-refractivity contribution in [3.63, 3.8) is 0 Å². The first-order valence-electron chi connectivity index (χ1n) is 6.43. The molecule has 2 nitrogen and oxygen atoms in total. The van der Waals surface area contributed by atoms with Crippen molar-refractivity contribution in [1.29, 1.82) is 5.26 Å². The lowest BCUT2D eigenvalue weighted by Crippen LogP contribution is -2.50. The number of hydrogen-bond donors (Lipinski definition) is 0. The first kappa shape index (κ1) is 13.2. The Morgan fingerprint density at radius 2 is 2.06 bits per heavy atom. The normalized spacial score (nSPS) is 22.6. The van der Waals surface area contributed by atoms with Crippen LogP contribution in [0, 0.1) is 17.2 Å². The van der Waals surface area contributed by atoms with Crippen LogP contribution in [0.3, 0.4) is 0 Å². The minimum absolute atomic E-state index is 0.105. The van der Waals surface area contributed by atoms with Crippen molar-refractivity contribution >= 4 is 17.3 Å². The third-order valence-electron chi connectivity index (χ3n) is 3.80. The summed E-state index contributed by atoms with van der Waals surface area (Å²) in [6.45, 7) is 5.53. The molecule has 3 heteroatoms. The molecule has 0 amide bonds. The van der Waals surface area contributed by atoms with E-state index >= 15 is 0 Å². The van der Waals surface area contributed by atoms with Gasteiger partial charge in [-0.05, 0) is 56.9 Å². The van der Waals surface area contributed by atoms with Gasteiger partial charge >= 0.3 is 0 Å². The maximum absolute atomic E-state index is 8.82. The summed E-state index contributed by atoms with van der Waals surface area (Å²) < 4.78 is 0. The fraction of sp³-hybridized carbons (Fsp3) is 0.533. The topological polar surface area (TPSA) is 27.0 Å². The van der Waals surface area contributed by atoms with E-state index in [0.29, 0.717) is 12.3 Å². The molecule has 1 heterocycles. The molecule has 18 heavy (non-hydrogen) atoms. The van der Waals surface area contributed by atoms with Gasteiger partial charge in [0.1, 0.15) is 0 Å². The number of piperidine rings is 1. The van der Waals surface area contributed by atoms with Gasteiger partial charge in [0.05, 0.1) is 6.07 Å². The third-order valence-corrected chi connectivity index (χ3v) is 4.05. The van der Waals surface area contributed by atoms with Crippen LogP contribution in [-0.4, -0.2) is 12.1 Å². The van der Waals surface area contributed by atoms with Crippen molar-refractivity contribution in [1.82, 2.24) is 0 Å². The summed E-state index contributed by atoms with van der Waals surface area (Å²) in [5, 5.41) is 9.60. The Kier molecular flexibility index (Phi) is 3.82. The molecule has 1 aliphatic heterocycles. The molecule has 0 spiro atoms. The molecule has 2 rings (SSSR count). The largest absolute Gasteiger partial charge is 0.366 e. The number of halogens is 1. The summed E-state index contributed by atoms with van der Waals surface area (Å²) in [5.41, 5.74) is 1.33. The zero-order valence-corrected chi connectivity index (χ0v) is 11.7. The molecular formula is C15H19ClN2. The quantitative estimate of drug-likeness (QED) is 0.797. The molecule has 1 unspecified atom stereocenters. The fourth-order valence-corrected chi connectivity index (χ4v) is 3.06. The highest BCUT2D eigenvalue weighted by molar-refractivity contribution is 6.30. The molecule has 1 aromatic rings. The predicted octanol–water partition coefficient (Wildman–Crippen LogP) is 4.25. The van der Waals surface area contributed by atoms with Crippen LogP contribution in [0.4, 0.5) is 5.69 Å². The van der Waals surface area contributed by atoms with E-state index in [1.165, 1.54) is 5.69 Å². The van der Waals surface area contributed by atoms with Crippen LogP contribution >= 0.6 is 11.6 Å². The lowest BCUT2D eigenvalue weighted by Gasteiger charge is -2.47. The van der Waals surface area contributed by atoms with Gasteiger partial charge in [0, 0.05) is 29.2 Å². The summed E-state index contributed by atoms with van der Waals surface area (Å²) >= 11 is 5.93. The van der Waals surface area contributed by atoms with Gasteiger partial charge in [-0.25, -0.2) is 0 Å². The average molecular weight is 263 g/mol. The molecule has 0 radical (unpaired) electrons. The van der Waals surface area contributed by atoms with E-state index in [2.05, 4.69) is 36.9 Å². The van der Waals surface area contributed by atoms with E-state index in [9.17, 15) is 0 Å². The monoisotopic (exact) mass is 262 g/mol. The van der Waals surface area contributed by atoms with Crippen LogP contribution in [0.25, 0.3) is 0 Å². The first-order valence-corrected chi connectivity index (χ1v) is 6.81. The van der Waals surface area contributed by atoms with E-state index in [-0.39, 0.29) is 5.54 Å². The molecule has 0 aromatic heterocycles. The second kappa shape index (κ2) is 5.20. The first-order chi connectivity index (χ1) is 8.53. The molecule has 1 fully saturated rings. The van der Waals surface area contributed by atoms with Crippen molar-refractivity contribution in [2.24, 2.45) is 5.92 Å². The van der Waals surface area contributed by atoms with Gasteiger partial charge in [0.2, 0.25) is 0 Å². The number of hydrogen-bond acceptors (Lipinski definition) is 2.